The number of halogens is 3. The molecule has 0 heterocycles. The normalized spacial score (nSPS) is 10.3. The van der Waals surface area contributed by atoms with Crippen LogP contribution in [0.5, 0.6) is 0 Å². The summed E-state index contributed by atoms with van der Waals surface area (Å²) in [5.74, 6) is -0.819. The zero-order valence-corrected chi connectivity index (χ0v) is 12.4. The number of benzene rings is 2. The second-order valence-electron chi connectivity index (χ2n) is 3.92. The summed E-state index contributed by atoms with van der Waals surface area (Å²) >= 11 is 9.33. The average Bonchev–Trinajstić information content (AvgIpc) is 2.41. The standard InChI is InChI=1S/C14H10BrClFNO/c1-18(12-8-3-2-7-11(12)17)14(19)9-5-4-6-10(15)13(9)16/h2-8H,1H3. The fourth-order valence-corrected chi connectivity index (χ4v) is 2.26. The molecular formula is C14H10BrClFNO. The third-order valence-electron chi connectivity index (χ3n) is 2.70. The van der Waals surface area contributed by atoms with Crippen LogP contribution in [0.2, 0.25) is 5.02 Å². The molecule has 2 rings (SSSR count). The van der Waals surface area contributed by atoms with Gasteiger partial charge in [-0.25, -0.2) is 4.39 Å². The molecule has 2 nitrogen and oxygen atoms in total. The van der Waals surface area contributed by atoms with E-state index in [0.29, 0.717) is 15.1 Å². The zero-order chi connectivity index (χ0) is 14.0. The van der Waals surface area contributed by atoms with Gasteiger partial charge in [-0.3, -0.25) is 4.79 Å². The molecule has 0 spiro atoms. The van der Waals surface area contributed by atoms with Crippen molar-refractivity contribution >= 4 is 39.1 Å². The summed E-state index contributed by atoms with van der Waals surface area (Å²) < 4.78 is 14.3. The van der Waals surface area contributed by atoms with E-state index in [1.165, 1.54) is 18.0 Å². The van der Waals surface area contributed by atoms with Crippen LogP contribution in [0.15, 0.2) is 46.9 Å². The highest BCUT2D eigenvalue weighted by Crippen LogP contribution is 2.28. The monoisotopic (exact) mass is 341 g/mol. The van der Waals surface area contributed by atoms with Gasteiger partial charge in [0.1, 0.15) is 5.82 Å². The van der Waals surface area contributed by atoms with Gasteiger partial charge >= 0.3 is 0 Å². The molecule has 19 heavy (non-hydrogen) atoms. The minimum absolute atomic E-state index is 0.212. The van der Waals surface area contributed by atoms with Gasteiger partial charge in [0.15, 0.2) is 0 Å². The second-order valence-corrected chi connectivity index (χ2v) is 5.15. The summed E-state index contributed by atoms with van der Waals surface area (Å²) in [5.41, 5.74) is 0.533. The Morgan fingerprint density at radius 2 is 1.89 bits per heavy atom. The van der Waals surface area contributed by atoms with Crippen LogP contribution in [0.25, 0.3) is 0 Å². The van der Waals surface area contributed by atoms with E-state index in [9.17, 15) is 9.18 Å². The van der Waals surface area contributed by atoms with Gasteiger partial charge in [-0.05, 0) is 40.2 Å². The summed E-state index contributed by atoms with van der Waals surface area (Å²) in [6, 6.07) is 11.1. The Labute approximate surface area is 123 Å². The van der Waals surface area contributed by atoms with Crippen LogP contribution < -0.4 is 4.90 Å². The molecule has 0 unspecified atom stereocenters. The van der Waals surface area contributed by atoms with E-state index in [4.69, 9.17) is 11.6 Å². The minimum atomic E-state index is -0.454. The van der Waals surface area contributed by atoms with Crippen molar-refractivity contribution in [1.82, 2.24) is 0 Å². The highest BCUT2D eigenvalue weighted by molar-refractivity contribution is 9.10. The molecule has 0 saturated carbocycles. The van der Waals surface area contributed by atoms with E-state index in [1.807, 2.05) is 0 Å². The van der Waals surface area contributed by atoms with Gasteiger partial charge in [0.2, 0.25) is 0 Å². The van der Waals surface area contributed by atoms with Crippen LogP contribution in [0, 0.1) is 5.82 Å². The Kier molecular flexibility index (Phi) is 4.22. The van der Waals surface area contributed by atoms with Crippen LogP contribution in [0.3, 0.4) is 0 Å². The number of hydrogen-bond donors (Lipinski definition) is 0. The van der Waals surface area contributed by atoms with Crippen LogP contribution in [-0.2, 0) is 0 Å². The van der Waals surface area contributed by atoms with E-state index >= 15 is 0 Å². The third kappa shape index (κ3) is 2.80. The molecule has 1 amide bonds. The first-order valence-electron chi connectivity index (χ1n) is 5.49. The third-order valence-corrected chi connectivity index (χ3v) is 4.00. The Hall–Kier alpha value is -1.39. The predicted molar refractivity (Wildman–Crippen MR) is 78.3 cm³/mol. The van der Waals surface area contributed by atoms with Crippen molar-refractivity contribution < 1.29 is 9.18 Å². The quantitative estimate of drug-likeness (QED) is 0.786. The highest BCUT2D eigenvalue weighted by Gasteiger charge is 2.19. The zero-order valence-electron chi connectivity index (χ0n) is 10.0. The molecule has 0 aliphatic rings. The highest BCUT2D eigenvalue weighted by atomic mass is 79.9. The van der Waals surface area contributed by atoms with Gasteiger partial charge in [-0.1, -0.05) is 29.8 Å². The van der Waals surface area contributed by atoms with E-state index in [2.05, 4.69) is 15.9 Å². The maximum absolute atomic E-state index is 13.7. The van der Waals surface area contributed by atoms with Crippen molar-refractivity contribution in [2.45, 2.75) is 0 Å². The smallest absolute Gasteiger partial charge is 0.259 e. The van der Waals surface area contributed by atoms with Crippen molar-refractivity contribution in [3.05, 3.63) is 63.3 Å². The minimum Gasteiger partial charge on any atom is -0.309 e. The fourth-order valence-electron chi connectivity index (χ4n) is 1.68. The van der Waals surface area contributed by atoms with Gasteiger partial charge in [0.05, 0.1) is 16.3 Å². The van der Waals surface area contributed by atoms with E-state index in [-0.39, 0.29) is 11.6 Å². The Balaban J connectivity index is 2.40. The van der Waals surface area contributed by atoms with Crippen molar-refractivity contribution in [1.29, 1.82) is 0 Å². The number of para-hydroxylation sites is 1. The number of carbonyl (C=O) groups excluding carboxylic acids is 1. The van der Waals surface area contributed by atoms with Crippen molar-refractivity contribution in [3.8, 4) is 0 Å². The lowest BCUT2D eigenvalue weighted by atomic mass is 10.2. The van der Waals surface area contributed by atoms with Crippen molar-refractivity contribution in [3.63, 3.8) is 0 Å². The summed E-state index contributed by atoms with van der Waals surface area (Å²) in [6.07, 6.45) is 0. The van der Waals surface area contributed by atoms with Crippen LogP contribution in [0.4, 0.5) is 10.1 Å². The molecule has 2 aromatic carbocycles. The molecule has 0 N–H and O–H groups in total. The maximum atomic E-state index is 13.7. The summed E-state index contributed by atoms with van der Waals surface area (Å²) in [4.78, 5) is 13.6. The van der Waals surface area contributed by atoms with E-state index < -0.39 is 5.82 Å². The largest absolute Gasteiger partial charge is 0.309 e. The summed E-state index contributed by atoms with van der Waals surface area (Å²) in [7, 11) is 1.51. The van der Waals surface area contributed by atoms with Gasteiger partial charge in [0.25, 0.3) is 5.91 Å². The summed E-state index contributed by atoms with van der Waals surface area (Å²) in [5, 5.41) is 0.315. The number of nitrogens with zero attached hydrogens (tertiary/aromatic N) is 1. The Morgan fingerprint density at radius 3 is 2.58 bits per heavy atom. The molecule has 5 heteroatoms. The lowest BCUT2D eigenvalue weighted by molar-refractivity contribution is 0.0992. The molecule has 0 fully saturated rings. The molecule has 0 bridgehead atoms. The van der Waals surface area contributed by atoms with E-state index in [1.54, 1.807) is 36.4 Å². The average molecular weight is 343 g/mol. The maximum Gasteiger partial charge on any atom is 0.259 e. The van der Waals surface area contributed by atoms with Gasteiger partial charge < -0.3 is 4.90 Å². The van der Waals surface area contributed by atoms with Crippen molar-refractivity contribution in [2.75, 3.05) is 11.9 Å². The predicted octanol–water partition coefficient (Wildman–Crippen LogP) is 4.52. The molecule has 0 aliphatic carbocycles. The number of hydrogen-bond acceptors (Lipinski definition) is 1. The second kappa shape index (κ2) is 5.72. The molecule has 0 aromatic heterocycles. The van der Waals surface area contributed by atoms with Crippen LogP contribution in [-0.4, -0.2) is 13.0 Å². The van der Waals surface area contributed by atoms with Crippen molar-refractivity contribution in [2.24, 2.45) is 0 Å². The first-order valence-corrected chi connectivity index (χ1v) is 6.66. The van der Waals surface area contributed by atoms with Crippen LogP contribution >= 0.6 is 27.5 Å². The SMILES string of the molecule is CN(C(=O)c1cccc(Br)c1Cl)c1ccccc1F. The number of amides is 1. The first kappa shape index (κ1) is 14.0. The fraction of sp³-hybridized carbons (Fsp3) is 0.0714. The lowest BCUT2D eigenvalue weighted by Gasteiger charge is -2.18. The molecule has 2 aromatic rings. The Bertz CT molecular complexity index is 633. The van der Waals surface area contributed by atoms with Crippen LogP contribution in [0.1, 0.15) is 10.4 Å². The molecule has 0 aliphatic heterocycles. The Morgan fingerprint density at radius 1 is 1.21 bits per heavy atom. The van der Waals surface area contributed by atoms with Gasteiger partial charge in [-0.2, -0.15) is 0 Å². The molecule has 98 valence electrons. The van der Waals surface area contributed by atoms with E-state index in [0.717, 1.165) is 0 Å². The topological polar surface area (TPSA) is 20.3 Å². The molecule has 0 radical (unpaired) electrons. The molecule has 0 saturated heterocycles. The number of rotatable bonds is 2. The summed E-state index contributed by atoms with van der Waals surface area (Å²) in [6.45, 7) is 0. The molecule has 0 atom stereocenters. The van der Waals surface area contributed by atoms with Gasteiger partial charge in [-0.15, -0.1) is 0 Å². The number of carbonyl (C=O) groups is 1. The lowest BCUT2D eigenvalue weighted by Crippen LogP contribution is -2.27. The molecular weight excluding hydrogens is 333 g/mol. The number of anilines is 1. The van der Waals surface area contributed by atoms with Gasteiger partial charge in [0, 0.05) is 11.5 Å². The first-order chi connectivity index (χ1) is 9.02.